The molecule has 1 aromatic carbocycles. The van der Waals surface area contributed by atoms with Crippen LogP contribution in [0, 0.1) is 0 Å². The Balaban J connectivity index is 1.44. The first kappa shape index (κ1) is 22.9. The lowest BCUT2D eigenvalue weighted by molar-refractivity contribution is -0.135. The van der Waals surface area contributed by atoms with E-state index in [1.807, 2.05) is 56.0 Å². The molecule has 7 nitrogen and oxygen atoms in total. The van der Waals surface area contributed by atoms with Crippen LogP contribution in [-0.4, -0.2) is 83.2 Å². The zero-order valence-electron chi connectivity index (χ0n) is 19.7. The number of hydrogen-bond donors (Lipinski definition) is 0. The van der Waals surface area contributed by atoms with Crippen LogP contribution in [-0.2, 0) is 9.53 Å². The Bertz CT molecular complexity index is 790. The number of nitrogens with zero attached hydrogens (tertiary/aromatic N) is 3. The van der Waals surface area contributed by atoms with Crippen LogP contribution in [0.25, 0.3) is 0 Å². The Kier molecular flexibility index (Phi) is 6.93. The number of rotatable bonds is 4. The molecule has 32 heavy (non-hydrogen) atoms. The molecule has 2 atom stereocenters. The van der Waals surface area contributed by atoms with Crippen LogP contribution in [0.2, 0.25) is 0 Å². The van der Waals surface area contributed by atoms with Gasteiger partial charge in [0.2, 0.25) is 5.91 Å². The molecule has 7 heteroatoms. The standard InChI is InChI=1S/C25H37N3O4/c1-25(2,3)32-24(30)28-18-21(31-20-11-5-4-6-12-20)17-22(28)23(29)27-14-8-13-26(15-16-27)19-9-7-10-19/h4-6,11-12,19,21-22H,7-10,13-18H2,1-3H3/t21-,22+/m0/s1. The minimum atomic E-state index is -0.616. The van der Waals surface area contributed by atoms with Gasteiger partial charge in [-0.1, -0.05) is 24.6 Å². The smallest absolute Gasteiger partial charge is 0.411 e. The van der Waals surface area contributed by atoms with Gasteiger partial charge in [-0.05, 0) is 52.2 Å². The molecule has 3 aliphatic rings. The molecule has 0 spiro atoms. The topological polar surface area (TPSA) is 62.3 Å². The van der Waals surface area contributed by atoms with Gasteiger partial charge in [-0.2, -0.15) is 0 Å². The predicted octanol–water partition coefficient (Wildman–Crippen LogP) is 3.53. The molecule has 0 bridgehead atoms. The van der Waals surface area contributed by atoms with Crippen LogP contribution in [0.15, 0.2) is 30.3 Å². The van der Waals surface area contributed by atoms with Crippen LogP contribution < -0.4 is 4.74 Å². The lowest BCUT2D eigenvalue weighted by Gasteiger charge is -2.37. The van der Waals surface area contributed by atoms with E-state index in [0.29, 0.717) is 19.0 Å². The van der Waals surface area contributed by atoms with Gasteiger partial charge in [0.05, 0.1) is 6.54 Å². The summed E-state index contributed by atoms with van der Waals surface area (Å²) >= 11 is 0. The van der Waals surface area contributed by atoms with Crippen LogP contribution in [0.3, 0.4) is 0 Å². The number of ether oxygens (including phenoxy) is 2. The van der Waals surface area contributed by atoms with Crippen molar-refractivity contribution >= 4 is 12.0 Å². The van der Waals surface area contributed by atoms with Crippen molar-refractivity contribution in [1.82, 2.24) is 14.7 Å². The third-order valence-electron chi connectivity index (χ3n) is 6.65. The summed E-state index contributed by atoms with van der Waals surface area (Å²) in [5.41, 5.74) is -0.616. The second kappa shape index (κ2) is 9.69. The fourth-order valence-corrected chi connectivity index (χ4v) is 4.82. The maximum atomic E-state index is 13.6. The minimum absolute atomic E-state index is 0.0190. The molecule has 4 rings (SSSR count). The van der Waals surface area contributed by atoms with Crippen molar-refractivity contribution in [2.45, 2.75) is 76.7 Å². The maximum absolute atomic E-state index is 13.6. The largest absolute Gasteiger partial charge is 0.488 e. The first-order valence-electron chi connectivity index (χ1n) is 12.0. The van der Waals surface area contributed by atoms with Gasteiger partial charge in [0, 0.05) is 38.6 Å². The summed E-state index contributed by atoms with van der Waals surface area (Å²) in [6, 6.07) is 9.72. The van der Waals surface area contributed by atoms with E-state index in [-0.39, 0.29) is 12.0 Å². The third kappa shape index (κ3) is 5.55. The van der Waals surface area contributed by atoms with Crippen molar-refractivity contribution in [3.63, 3.8) is 0 Å². The molecule has 1 aliphatic carbocycles. The van der Waals surface area contributed by atoms with Gasteiger partial charge in [0.25, 0.3) is 0 Å². The van der Waals surface area contributed by atoms with Crippen LogP contribution in [0.4, 0.5) is 4.79 Å². The molecule has 3 fully saturated rings. The molecule has 1 saturated carbocycles. The number of amides is 2. The number of hydrogen-bond acceptors (Lipinski definition) is 5. The Morgan fingerprint density at radius 2 is 1.72 bits per heavy atom. The maximum Gasteiger partial charge on any atom is 0.411 e. The Morgan fingerprint density at radius 1 is 0.969 bits per heavy atom. The minimum Gasteiger partial charge on any atom is -0.488 e. The second-order valence-corrected chi connectivity index (χ2v) is 10.2. The first-order chi connectivity index (χ1) is 15.3. The van der Waals surface area contributed by atoms with Crippen molar-refractivity contribution in [2.24, 2.45) is 0 Å². The van der Waals surface area contributed by atoms with Crippen molar-refractivity contribution in [1.29, 1.82) is 0 Å². The quantitative estimate of drug-likeness (QED) is 0.712. The zero-order chi connectivity index (χ0) is 22.7. The fourth-order valence-electron chi connectivity index (χ4n) is 4.82. The zero-order valence-corrected chi connectivity index (χ0v) is 19.7. The average molecular weight is 444 g/mol. The predicted molar refractivity (Wildman–Crippen MR) is 123 cm³/mol. The Labute approximate surface area is 191 Å². The highest BCUT2D eigenvalue weighted by Gasteiger charge is 2.44. The average Bonchev–Trinajstić information content (AvgIpc) is 2.97. The first-order valence-corrected chi connectivity index (χ1v) is 12.0. The molecule has 0 radical (unpaired) electrons. The van der Waals surface area contributed by atoms with Gasteiger partial charge in [-0.15, -0.1) is 0 Å². The lowest BCUT2D eigenvalue weighted by Crippen LogP contribution is -2.50. The number of likely N-dealkylation sites (tertiary alicyclic amines) is 1. The molecule has 2 aliphatic heterocycles. The number of benzene rings is 1. The Morgan fingerprint density at radius 3 is 2.38 bits per heavy atom. The summed E-state index contributed by atoms with van der Waals surface area (Å²) in [5, 5.41) is 0. The molecule has 0 unspecified atom stereocenters. The summed E-state index contributed by atoms with van der Waals surface area (Å²) in [7, 11) is 0. The fraction of sp³-hybridized carbons (Fsp3) is 0.680. The Hall–Kier alpha value is -2.28. The lowest BCUT2D eigenvalue weighted by atomic mass is 9.91. The van der Waals surface area contributed by atoms with Crippen molar-refractivity contribution < 1.29 is 19.1 Å². The molecule has 1 aromatic rings. The highest BCUT2D eigenvalue weighted by Crippen LogP contribution is 2.28. The molecule has 0 aromatic heterocycles. The third-order valence-corrected chi connectivity index (χ3v) is 6.65. The molecular weight excluding hydrogens is 406 g/mol. The summed E-state index contributed by atoms with van der Waals surface area (Å²) in [6.07, 6.45) is 4.65. The molecule has 2 amide bonds. The van der Waals surface area contributed by atoms with E-state index in [1.165, 1.54) is 19.3 Å². The van der Waals surface area contributed by atoms with Crippen LogP contribution in [0.1, 0.15) is 52.9 Å². The summed E-state index contributed by atoms with van der Waals surface area (Å²) in [5.74, 6) is 0.770. The van der Waals surface area contributed by atoms with Gasteiger partial charge in [0.15, 0.2) is 0 Å². The van der Waals surface area contributed by atoms with Gasteiger partial charge in [-0.3, -0.25) is 14.6 Å². The summed E-state index contributed by atoms with van der Waals surface area (Å²) < 4.78 is 11.8. The number of carbonyl (C=O) groups excluding carboxylic acids is 2. The number of para-hydroxylation sites is 1. The highest BCUT2D eigenvalue weighted by molar-refractivity contribution is 5.86. The monoisotopic (exact) mass is 443 g/mol. The van der Waals surface area contributed by atoms with Gasteiger partial charge in [-0.25, -0.2) is 4.79 Å². The van der Waals surface area contributed by atoms with E-state index in [9.17, 15) is 9.59 Å². The van der Waals surface area contributed by atoms with Crippen LogP contribution >= 0.6 is 0 Å². The van der Waals surface area contributed by atoms with E-state index in [4.69, 9.17) is 9.47 Å². The molecule has 176 valence electrons. The SMILES string of the molecule is CC(C)(C)OC(=O)N1C[C@@H](Oc2ccccc2)C[C@@H]1C(=O)N1CCCN(C2CCC2)CC1. The van der Waals surface area contributed by atoms with Crippen molar-refractivity contribution in [2.75, 3.05) is 32.7 Å². The van der Waals surface area contributed by atoms with Crippen molar-refractivity contribution in [3.05, 3.63) is 30.3 Å². The van der Waals surface area contributed by atoms with Gasteiger partial charge >= 0.3 is 6.09 Å². The van der Waals surface area contributed by atoms with E-state index in [0.717, 1.165) is 38.3 Å². The summed E-state index contributed by atoms with van der Waals surface area (Å²) in [4.78, 5) is 32.6. The molecular formula is C25H37N3O4. The van der Waals surface area contributed by atoms with E-state index >= 15 is 0 Å². The van der Waals surface area contributed by atoms with Gasteiger partial charge in [0.1, 0.15) is 23.5 Å². The van der Waals surface area contributed by atoms with Crippen LogP contribution in [0.5, 0.6) is 5.75 Å². The second-order valence-electron chi connectivity index (χ2n) is 10.2. The molecule has 2 saturated heterocycles. The molecule has 2 heterocycles. The highest BCUT2D eigenvalue weighted by atomic mass is 16.6. The molecule has 0 N–H and O–H groups in total. The van der Waals surface area contributed by atoms with E-state index in [2.05, 4.69) is 4.90 Å². The van der Waals surface area contributed by atoms with E-state index in [1.54, 1.807) is 4.90 Å². The normalized spacial score (nSPS) is 25.2. The van der Waals surface area contributed by atoms with Gasteiger partial charge < -0.3 is 14.4 Å². The van der Waals surface area contributed by atoms with Crippen molar-refractivity contribution in [3.8, 4) is 5.75 Å². The summed E-state index contributed by atoms with van der Waals surface area (Å²) in [6.45, 7) is 9.32. The van der Waals surface area contributed by atoms with E-state index < -0.39 is 17.7 Å². The number of carbonyl (C=O) groups is 2.